The zero-order chi connectivity index (χ0) is 13.5. The summed E-state index contributed by atoms with van der Waals surface area (Å²) in [6, 6.07) is 0.369. The first kappa shape index (κ1) is 15.5. The van der Waals surface area contributed by atoms with Crippen LogP contribution in [-0.2, 0) is 9.53 Å². The third kappa shape index (κ3) is 4.97. The second kappa shape index (κ2) is 7.78. The highest BCUT2D eigenvalue weighted by atomic mass is 16.5. The maximum atomic E-state index is 11.8. The molecule has 0 aromatic rings. The SMILES string of the molecule is CCC1CCC(NC(CC(C)C)C(=O)OC)CC1. The van der Waals surface area contributed by atoms with Gasteiger partial charge in [-0.2, -0.15) is 0 Å². The van der Waals surface area contributed by atoms with Crippen LogP contribution < -0.4 is 5.32 Å². The summed E-state index contributed by atoms with van der Waals surface area (Å²) in [7, 11) is 1.48. The van der Waals surface area contributed by atoms with E-state index in [9.17, 15) is 4.79 Å². The summed E-state index contributed by atoms with van der Waals surface area (Å²) in [5, 5.41) is 3.51. The zero-order valence-corrected chi connectivity index (χ0v) is 12.4. The smallest absolute Gasteiger partial charge is 0.322 e. The van der Waals surface area contributed by atoms with E-state index in [4.69, 9.17) is 4.74 Å². The van der Waals surface area contributed by atoms with Gasteiger partial charge in [0.25, 0.3) is 0 Å². The highest BCUT2D eigenvalue weighted by molar-refractivity contribution is 5.75. The summed E-state index contributed by atoms with van der Waals surface area (Å²) in [5.41, 5.74) is 0. The van der Waals surface area contributed by atoms with Crippen LogP contribution in [0.1, 0.15) is 59.3 Å². The van der Waals surface area contributed by atoms with E-state index in [1.54, 1.807) is 0 Å². The average Bonchev–Trinajstić information content (AvgIpc) is 2.37. The molecule has 18 heavy (non-hydrogen) atoms. The molecule has 1 atom stereocenters. The van der Waals surface area contributed by atoms with Crippen molar-refractivity contribution in [1.29, 1.82) is 0 Å². The summed E-state index contributed by atoms with van der Waals surface area (Å²) in [5.74, 6) is 1.29. The summed E-state index contributed by atoms with van der Waals surface area (Å²) in [4.78, 5) is 11.8. The van der Waals surface area contributed by atoms with Crippen LogP contribution in [0.15, 0.2) is 0 Å². The van der Waals surface area contributed by atoms with Crippen LogP contribution in [0.25, 0.3) is 0 Å². The van der Waals surface area contributed by atoms with Crippen LogP contribution in [-0.4, -0.2) is 25.2 Å². The van der Waals surface area contributed by atoms with Crippen LogP contribution in [0.5, 0.6) is 0 Å². The second-order valence-electron chi connectivity index (χ2n) is 6.00. The van der Waals surface area contributed by atoms with Crippen LogP contribution in [0.4, 0.5) is 0 Å². The molecule has 0 radical (unpaired) electrons. The van der Waals surface area contributed by atoms with Gasteiger partial charge < -0.3 is 10.1 Å². The van der Waals surface area contributed by atoms with E-state index in [1.165, 1.54) is 39.2 Å². The zero-order valence-electron chi connectivity index (χ0n) is 12.4. The molecule has 0 bridgehead atoms. The largest absolute Gasteiger partial charge is 0.468 e. The lowest BCUT2D eigenvalue weighted by atomic mass is 9.84. The van der Waals surface area contributed by atoms with Crippen molar-refractivity contribution in [3.63, 3.8) is 0 Å². The first-order valence-electron chi connectivity index (χ1n) is 7.40. The van der Waals surface area contributed by atoms with Gasteiger partial charge in [-0.15, -0.1) is 0 Å². The summed E-state index contributed by atoms with van der Waals surface area (Å²) >= 11 is 0. The Morgan fingerprint density at radius 3 is 2.33 bits per heavy atom. The van der Waals surface area contributed by atoms with E-state index in [1.807, 2.05) is 0 Å². The lowest BCUT2D eigenvalue weighted by molar-refractivity contribution is -0.143. The van der Waals surface area contributed by atoms with Gasteiger partial charge in [0.2, 0.25) is 0 Å². The fourth-order valence-electron chi connectivity index (χ4n) is 2.87. The summed E-state index contributed by atoms with van der Waals surface area (Å²) in [6.45, 7) is 6.56. The van der Waals surface area contributed by atoms with Crippen molar-refractivity contribution in [1.82, 2.24) is 5.32 Å². The maximum absolute atomic E-state index is 11.8. The fraction of sp³-hybridized carbons (Fsp3) is 0.933. The van der Waals surface area contributed by atoms with Gasteiger partial charge in [-0.1, -0.05) is 27.2 Å². The Hall–Kier alpha value is -0.570. The van der Waals surface area contributed by atoms with E-state index in [0.29, 0.717) is 12.0 Å². The number of rotatable bonds is 6. The van der Waals surface area contributed by atoms with Crippen molar-refractivity contribution >= 4 is 5.97 Å². The van der Waals surface area contributed by atoms with E-state index in [0.717, 1.165) is 12.3 Å². The van der Waals surface area contributed by atoms with Gasteiger partial charge in [-0.3, -0.25) is 4.79 Å². The van der Waals surface area contributed by atoms with E-state index in [-0.39, 0.29) is 12.0 Å². The summed E-state index contributed by atoms with van der Waals surface area (Å²) in [6.07, 6.45) is 7.14. The van der Waals surface area contributed by atoms with Crippen molar-refractivity contribution in [2.24, 2.45) is 11.8 Å². The number of hydrogen-bond acceptors (Lipinski definition) is 3. The van der Waals surface area contributed by atoms with Crippen molar-refractivity contribution in [2.45, 2.75) is 71.4 Å². The molecular weight excluding hydrogens is 226 g/mol. The van der Waals surface area contributed by atoms with Crippen LogP contribution in [0.2, 0.25) is 0 Å². The molecule has 1 saturated carbocycles. The number of ether oxygens (including phenoxy) is 1. The van der Waals surface area contributed by atoms with Crippen molar-refractivity contribution in [3.05, 3.63) is 0 Å². The Balaban J connectivity index is 2.43. The molecule has 1 aliphatic rings. The number of esters is 1. The Bertz CT molecular complexity index is 245. The normalized spacial score (nSPS) is 26.1. The molecule has 0 aliphatic heterocycles. The minimum absolute atomic E-state index is 0.110. The molecule has 0 amide bonds. The maximum Gasteiger partial charge on any atom is 0.322 e. The van der Waals surface area contributed by atoms with E-state index < -0.39 is 0 Å². The predicted molar refractivity (Wildman–Crippen MR) is 74.4 cm³/mol. The topological polar surface area (TPSA) is 38.3 Å². The number of nitrogens with one attached hydrogen (secondary N) is 1. The first-order valence-corrected chi connectivity index (χ1v) is 7.40. The number of carbonyl (C=O) groups excluding carboxylic acids is 1. The second-order valence-corrected chi connectivity index (χ2v) is 6.00. The molecule has 0 heterocycles. The molecule has 1 N–H and O–H groups in total. The number of hydrogen-bond donors (Lipinski definition) is 1. The highest BCUT2D eigenvalue weighted by Crippen LogP contribution is 2.27. The van der Waals surface area contributed by atoms with Gasteiger partial charge in [-0.05, 0) is 43.9 Å². The molecule has 0 saturated heterocycles. The third-order valence-corrected chi connectivity index (χ3v) is 4.05. The minimum Gasteiger partial charge on any atom is -0.468 e. The highest BCUT2D eigenvalue weighted by Gasteiger charge is 2.26. The Labute approximate surface area is 112 Å². The molecule has 0 aromatic heterocycles. The number of carbonyl (C=O) groups is 1. The van der Waals surface area contributed by atoms with Gasteiger partial charge in [0.15, 0.2) is 0 Å². The molecule has 3 nitrogen and oxygen atoms in total. The van der Waals surface area contributed by atoms with Gasteiger partial charge in [-0.25, -0.2) is 0 Å². The number of methoxy groups -OCH3 is 1. The first-order chi connectivity index (χ1) is 8.56. The van der Waals surface area contributed by atoms with Gasteiger partial charge in [0.1, 0.15) is 6.04 Å². The molecule has 106 valence electrons. The standard InChI is InChI=1S/C15H29NO2/c1-5-12-6-8-13(9-7-12)16-14(10-11(2)3)15(17)18-4/h11-14,16H,5-10H2,1-4H3. The van der Waals surface area contributed by atoms with E-state index >= 15 is 0 Å². The Morgan fingerprint density at radius 1 is 1.28 bits per heavy atom. The van der Waals surface area contributed by atoms with Gasteiger partial charge in [0, 0.05) is 6.04 Å². The van der Waals surface area contributed by atoms with Crippen molar-refractivity contribution < 1.29 is 9.53 Å². The summed E-state index contributed by atoms with van der Waals surface area (Å²) < 4.78 is 4.90. The van der Waals surface area contributed by atoms with Gasteiger partial charge in [0.05, 0.1) is 7.11 Å². The molecule has 1 fully saturated rings. The molecule has 1 rings (SSSR count). The lowest BCUT2D eigenvalue weighted by Gasteiger charge is -2.31. The van der Waals surface area contributed by atoms with Crippen molar-refractivity contribution in [2.75, 3.05) is 7.11 Å². The fourth-order valence-corrected chi connectivity index (χ4v) is 2.87. The Morgan fingerprint density at radius 2 is 1.89 bits per heavy atom. The monoisotopic (exact) mass is 255 g/mol. The quantitative estimate of drug-likeness (QED) is 0.741. The molecule has 0 spiro atoms. The third-order valence-electron chi connectivity index (χ3n) is 4.05. The van der Waals surface area contributed by atoms with E-state index in [2.05, 4.69) is 26.1 Å². The lowest BCUT2D eigenvalue weighted by Crippen LogP contribution is -2.46. The van der Waals surface area contributed by atoms with Crippen LogP contribution >= 0.6 is 0 Å². The average molecular weight is 255 g/mol. The van der Waals surface area contributed by atoms with Gasteiger partial charge >= 0.3 is 5.97 Å². The minimum atomic E-state index is -0.127. The molecule has 0 aromatic carbocycles. The molecular formula is C15H29NO2. The molecule has 3 heteroatoms. The predicted octanol–water partition coefficient (Wildman–Crippen LogP) is 3.13. The van der Waals surface area contributed by atoms with Crippen molar-refractivity contribution in [3.8, 4) is 0 Å². The van der Waals surface area contributed by atoms with Crippen LogP contribution in [0.3, 0.4) is 0 Å². The Kier molecular flexibility index (Phi) is 6.69. The molecule has 1 unspecified atom stereocenters. The molecule has 1 aliphatic carbocycles. The van der Waals surface area contributed by atoms with Crippen LogP contribution in [0, 0.1) is 11.8 Å².